The molecule has 0 heterocycles. The summed E-state index contributed by atoms with van der Waals surface area (Å²) >= 11 is 0. The molecule has 0 aliphatic heterocycles. The molecule has 0 fully saturated rings. The number of hydrazine groups is 1. The Morgan fingerprint density at radius 1 is 1.69 bits per heavy atom. The van der Waals surface area contributed by atoms with Crippen LogP contribution in [-0.2, 0) is 4.74 Å². The summed E-state index contributed by atoms with van der Waals surface area (Å²) in [6.45, 7) is 7.86. The van der Waals surface area contributed by atoms with E-state index in [0.29, 0.717) is 0 Å². The van der Waals surface area contributed by atoms with Crippen molar-refractivity contribution in [2.24, 2.45) is 5.84 Å². The molecule has 78 valence electrons. The molecule has 0 aliphatic carbocycles. The quantitative estimate of drug-likeness (QED) is 0.361. The normalized spacial score (nSPS) is 17.8. The highest BCUT2D eigenvalue weighted by Crippen LogP contribution is 2.21. The number of hydrogen-bond acceptors (Lipinski definition) is 3. The van der Waals surface area contributed by atoms with E-state index in [0.717, 1.165) is 19.3 Å². The second-order valence-corrected chi connectivity index (χ2v) is 3.46. The van der Waals surface area contributed by atoms with Gasteiger partial charge < -0.3 is 4.74 Å². The molecule has 0 aromatic carbocycles. The summed E-state index contributed by atoms with van der Waals surface area (Å²) in [7, 11) is 1.72. The number of methoxy groups -OCH3 is 1. The molecule has 0 amide bonds. The number of ether oxygens (including phenoxy) is 1. The minimum Gasteiger partial charge on any atom is -0.377 e. The van der Waals surface area contributed by atoms with Crippen molar-refractivity contribution in [1.82, 2.24) is 5.43 Å². The molecule has 3 nitrogen and oxygen atoms in total. The number of nitrogens with two attached hydrogens (primary N) is 1. The van der Waals surface area contributed by atoms with Gasteiger partial charge in [-0.05, 0) is 26.2 Å². The van der Waals surface area contributed by atoms with Crippen LogP contribution in [0.4, 0.5) is 0 Å². The van der Waals surface area contributed by atoms with E-state index in [2.05, 4.69) is 25.9 Å². The highest BCUT2D eigenvalue weighted by molar-refractivity contribution is 4.88. The molecular weight excluding hydrogens is 164 g/mol. The van der Waals surface area contributed by atoms with Gasteiger partial charge in [-0.3, -0.25) is 11.3 Å². The Bertz CT molecular complexity index is 144. The minimum atomic E-state index is -0.183. The zero-order valence-electron chi connectivity index (χ0n) is 8.97. The molecule has 3 heteroatoms. The van der Waals surface area contributed by atoms with Crippen molar-refractivity contribution in [1.29, 1.82) is 0 Å². The average Bonchev–Trinajstić information content (AvgIpc) is 2.18. The van der Waals surface area contributed by atoms with Gasteiger partial charge in [0.2, 0.25) is 0 Å². The van der Waals surface area contributed by atoms with Crippen molar-refractivity contribution in [2.45, 2.75) is 44.8 Å². The molecule has 2 atom stereocenters. The Kier molecular flexibility index (Phi) is 5.95. The summed E-state index contributed by atoms with van der Waals surface area (Å²) in [5.74, 6) is 5.49. The lowest BCUT2D eigenvalue weighted by atomic mass is 9.90. The van der Waals surface area contributed by atoms with Crippen LogP contribution < -0.4 is 11.3 Å². The molecule has 0 aliphatic rings. The van der Waals surface area contributed by atoms with Gasteiger partial charge in [-0.1, -0.05) is 13.0 Å². The molecule has 0 saturated carbocycles. The summed E-state index contributed by atoms with van der Waals surface area (Å²) in [6.07, 6.45) is 4.75. The van der Waals surface area contributed by atoms with Gasteiger partial charge >= 0.3 is 0 Å². The van der Waals surface area contributed by atoms with Crippen LogP contribution in [0.15, 0.2) is 12.7 Å². The first-order valence-corrected chi connectivity index (χ1v) is 4.76. The fourth-order valence-electron chi connectivity index (χ4n) is 1.38. The first-order chi connectivity index (χ1) is 6.14. The van der Waals surface area contributed by atoms with Gasteiger partial charge in [-0.2, -0.15) is 0 Å². The van der Waals surface area contributed by atoms with Gasteiger partial charge in [0.05, 0.1) is 11.6 Å². The van der Waals surface area contributed by atoms with E-state index < -0.39 is 0 Å². The molecule has 0 saturated heterocycles. The first kappa shape index (κ1) is 12.6. The summed E-state index contributed by atoms with van der Waals surface area (Å²) < 4.78 is 5.46. The smallest absolute Gasteiger partial charge is 0.0813 e. The maximum atomic E-state index is 5.49. The van der Waals surface area contributed by atoms with Crippen molar-refractivity contribution >= 4 is 0 Å². The SMILES string of the molecule is C=CCCC(NN)C(C)(CC)OC. The Morgan fingerprint density at radius 2 is 2.31 bits per heavy atom. The number of allylic oxidation sites excluding steroid dienone is 1. The minimum absolute atomic E-state index is 0.181. The van der Waals surface area contributed by atoms with E-state index in [1.54, 1.807) is 7.11 Å². The van der Waals surface area contributed by atoms with Crippen molar-refractivity contribution in [3.63, 3.8) is 0 Å². The molecule has 2 unspecified atom stereocenters. The monoisotopic (exact) mass is 186 g/mol. The van der Waals surface area contributed by atoms with Crippen LogP contribution in [0.3, 0.4) is 0 Å². The third kappa shape index (κ3) is 3.46. The third-order valence-corrected chi connectivity index (χ3v) is 2.77. The number of rotatable bonds is 7. The van der Waals surface area contributed by atoms with Crippen LogP contribution >= 0.6 is 0 Å². The maximum absolute atomic E-state index is 5.49. The summed E-state index contributed by atoms with van der Waals surface area (Å²) in [4.78, 5) is 0. The van der Waals surface area contributed by atoms with E-state index in [4.69, 9.17) is 10.6 Å². The fourth-order valence-corrected chi connectivity index (χ4v) is 1.38. The summed E-state index contributed by atoms with van der Waals surface area (Å²) in [5, 5.41) is 0. The lowest BCUT2D eigenvalue weighted by Crippen LogP contribution is -2.52. The molecular formula is C10H22N2O. The largest absolute Gasteiger partial charge is 0.377 e. The second-order valence-electron chi connectivity index (χ2n) is 3.46. The van der Waals surface area contributed by atoms with Crippen molar-refractivity contribution < 1.29 is 4.74 Å². The maximum Gasteiger partial charge on any atom is 0.0813 e. The van der Waals surface area contributed by atoms with E-state index in [1.165, 1.54) is 0 Å². The van der Waals surface area contributed by atoms with Gasteiger partial charge in [0.25, 0.3) is 0 Å². The molecule has 0 bridgehead atoms. The van der Waals surface area contributed by atoms with Gasteiger partial charge in [-0.15, -0.1) is 6.58 Å². The Morgan fingerprint density at radius 3 is 2.62 bits per heavy atom. The van der Waals surface area contributed by atoms with Crippen LogP contribution in [0, 0.1) is 0 Å². The second kappa shape index (κ2) is 6.13. The Balaban J connectivity index is 4.24. The first-order valence-electron chi connectivity index (χ1n) is 4.76. The standard InChI is InChI=1S/C10H22N2O/c1-5-7-8-9(12-11)10(3,6-2)13-4/h5,9,12H,1,6-8,11H2,2-4H3. The van der Waals surface area contributed by atoms with Gasteiger partial charge in [0.15, 0.2) is 0 Å². The zero-order chi connectivity index (χ0) is 10.3. The highest BCUT2D eigenvalue weighted by Gasteiger charge is 2.30. The fraction of sp³-hybridized carbons (Fsp3) is 0.800. The predicted octanol–water partition coefficient (Wildman–Crippen LogP) is 1.60. The molecule has 0 radical (unpaired) electrons. The lowest BCUT2D eigenvalue weighted by Gasteiger charge is -2.35. The van der Waals surface area contributed by atoms with Crippen LogP contribution in [0.5, 0.6) is 0 Å². The zero-order valence-corrected chi connectivity index (χ0v) is 8.97. The molecule has 0 aromatic rings. The van der Waals surface area contributed by atoms with Crippen molar-refractivity contribution in [2.75, 3.05) is 7.11 Å². The summed E-state index contributed by atoms with van der Waals surface area (Å²) in [5.41, 5.74) is 2.62. The molecule has 13 heavy (non-hydrogen) atoms. The highest BCUT2D eigenvalue weighted by atomic mass is 16.5. The van der Waals surface area contributed by atoms with Crippen LogP contribution in [-0.4, -0.2) is 18.8 Å². The molecule has 0 rings (SSSR count). The van der Waals surface area contributed by atoms with Crippen molar-refractivity contribution in [3.05, 3.63) is 12.7 Å². The van der Waals surface area contributed by atoms with Gasteiger partial charge in [0.1, 0.15) is 0 Å². The topological polar surface area (TPSA) is 47.3 Å². The van der Waals surface area contributed by atoms with E-state index in [-0.39, 0.29) is 11.6 Å². The van der Waals surface area contributed by atoms with E-state index in [1.807, 2.05) is 6.08 Å². The summed E-state index contributed by atoms with van der Waals surface area (Å²) in [6, 6.07) is 0.181. The van der Waals surface area contributed by atoms with Crippen LogP contribution in [0.25, 0.3) is 0 Å². The Labute approximate surface area is 81.3 Å². The number of nitrogens with one attached hydrogen (secondary N) is 1. The Hall–Kier alpha value is -0.380. The lowest BCUT2D eigenvalue weighted by molar-refractivity contribution is -0.0308. The average molecular weight is 186 g/mol. The van der Waals surface area contributed by atoms with E-state index >= 15 is 0 Å². The van der Waals surface area contributed by atoms with E-state index in [9.17, 15) is 0 Å². The van der Waals surface area contributed by atoms with Crippen LogP contribution in [0.2, 0.25) is 0 Å². The number of hydrogen-bond donors (Lipinski definition) is 2. The van der Waals surface area contributed by atoms with Crippen molar-refractivity contribution in [3.8, 4) is 0 Å². The molecule has 0 aromatic heterocycles. The molecule has 3 N–H and O–H groups in total. The van der Waals surface area contributed by atoms with Crippen LogP contribution in [0.1, 0.15) is 33.1 Å². The predicted molar refractivity (Wildman–Crippen MR) is 56.2 cm³/mol. The van der Waals surface area contributed by atoms with Gasteiger partial charge in [0, 0.05) is 7.11 Å². The molecule has 0 spiro atoms. The van der Waals surface area contributed by atoms with Gasteiger partial charge in [-0.25, -0.2) is 0 Å². The third-order valence-electron chi connectivity index (χ3n) is 2.77.